The second-order valence-corrected chi connectivity index (χ2v) is 7.49. The van der Waals surface area contributed by atoms with Crippen LogP contribution in [0.2, 0.25) is 0 Å². The van der Waals surface area contributed by atoms with Gasteiger partial charge in [0.2, 0.25) is 0 Å². The van der Waals surface area contributed by atoms with Gasteiger partial charge in [-0.3, -0.25) is 9.63 Å². The maximum Gasteiger partial charge on any atom is 0.277 e. The van der Waals surface area contributed by atoms with Gasteiger partial charge in [0.15, 0.2) is 11.6 Å². The lowest BCUT2D eigenvalue weighted by Crippen LogP contribution is -2.26. The molecule has 0 bridgehead atoms. The highest BCUT2D eigenvalue weighted by molar-refractivity contribution is 14.1. The molecule has 3 N–H and O–H groups in total. The van der Waals surface area contributed by atoms with E-state index in [0.717, 1.165) is 12.5 Å². The van der Waals surface area contributed by atoms with Crippen LogP contribution in [0.4, 0.5) is 24.5 Å². The highest BCUT2D eigenvalue weighted by Gasteiger charge is 2.36. The Labute approximate surface area is 167 Å². The van der Waals surface area contributed by atoms with Crippen LogP contribution in [0.25, 0.3) is 0 Å². The number of amides is 1. The first-order valence-electron chi connectivity index (χ1n) is 8.13. The fourth-order valence-electron chi connectivity index (χ4n) is 2.58. The Morgan fingerprint density at radius 2 is 1.85 bits per heavy atom. The molecule has 1 aliphatic rings. The van der Waals surface area contributed by atoms with Gasteiger partial charge in [-0.1, -0.05) is 0 Å². The zero-order valence-corrected chi connectivity index (χ0v) is 16.1. The third kappa shape index (κ3) is 4.90. The van der Waals surface area contributed by atoms with E-state index in [2.05, 4.69) is 10.8 Å². The number of hydrogen-bond donors (Lipinski definition) is 3. The minimum absolute atomic E-state index is 0.0140. The van der Waals surface area contributed by atoms with E-state index in [1.807, 2.05) is 22.6 Å². The summed E-state index contributed by atoms with van der Waals surface area (Å²) < 4.78 is 42.0. The molecule has 27 heavy (non-hydrogen) atoms. The molecule has 0 aliphatic heterocycles. The monoisotopic (exact) mass is 492 g/mol. The van der Waals surface area contributed by atoms with Crippen LogP contribution in [-0.4, -0.2) is 24.2 Å². The van der Waals surface area contributed by atoms with Crippen LogP contribution < -0.4 is 10.8 Å². The van der Waals surface area contributed by atoms with Crippen molar-refractivity contribution in [2.45, 2.75) is 6.42 Å². The first-order valence-corrected chi connectivity index (χ1v) is 9.21. The van der Waals surface area contributed by atoms with Gasteiger partial charge in [0, 0.05) is 16.2 Å². The van der Waals surface area contributed by atoms with Gasteiger partial charge in [-0.25, -0.2) is 18.7 Å². The Bertz CT molecular complexity index is 866. The molecule has 0 heterocycles. The Morgan fingerprint density at radius 3 is 2.52 bits per heavy atom. The van der Waals surface area contributed by atoms with Crippen LogP contribution >= 0.6 is 22.6 Å². The largest absolute Gasteiger partial charge is 0.396 e. The van der Waals surface area contributed by atoms with Crippen molar-refractivity contribution < 1.29 is 27.9 Å². The van der Waals surface area contributed by atoms with Crippen molar-refractivity contribution in [3.8, 4) is 0 Å². The Kier molecular flexibility index (Phi) is 6.22. The lowest BCUT2D eigenvalue weighted by molar-refractivity contribution is 0.0248. The average Bonchev–Trinajstić information content (AvgIpc) is 3.38. The van der Waals surface area contributed by atoms with Crippen molar-refractivity contribution in [1.29, 1.82) is 0 Å². The summed E-state index contributed by atoms with van der Waals surface area (Å²) >= 11 is 1.94. The molecule has 0 saturated heterocycles. The fourth-order valence-corrected chi connectivity index (χ4v) is 3.03. The smallest absolute Gasteiger partial charge is 0.277 e. The standard InChI is InChI=1S/C18H16F3IN2O3/c19-13-5-12(18(26)24-27-8-10-3-9(10)7-25)17(6-14(13)20)23-16-2-1-11(22)4-15(16)21/h1-2,4-6,9-10,23,25H,3,7-8H2,(H,24,26). The van der Waals surface area contributed by atoms with Crippen LogP contribution in [0.5, 0.6) is 0 Å². The van der Waals surface area contributed by atoms with Crippen molar-refractivity contribution in [2.75, 3.05) is 18.5 Å². The molecule has 1 aliphatic carbocycles. The Morgan fingerprint density at radius 1 is 1.11 bits per heavy atom. The molecule has 1 amide bonds. The van der Waals surface area contributed by atoms with Gasteiger partial charge in [0.1, 0.15) is 5.82 Å². The van der Waals surface area contributed by atoms with E-state index in [4.69, 9.17) is 9.94 Å². The normalized spacial score (nSPS) is 18.3. The minimum atomic E-state index is -1.21. The summed E-state index contributed by atoms with van der Waals surface area (Å²) in [5.41, 5.74) is 1.84. The summed E-state index contributed by atoms with van der Waals surface area (Å²) in [5, 5.41) is 11.6. The number of aliphatic hydroxyl groups excluding tert-OH is 1. The molecule has 0 aromatic heterocycles. The van der Waals surface area contributed by atoms with E-state index >= 15 is 0 Å². The van der Waals surface area contributed by atoms with Gasteiger partial charge >= 0.3 is 0 Å². The van der Waals surface area contributed by atoms with Crippen LogP contribution in [0.15, 0.2) is 30.3 Å². The van der Waals surface area contributed by atoms with Gasteiger partial charge < -0.3 is 10.4 Å². The molecule has 0 radical (unpaired) electrons. The summed E-state index contributed by atoms with van der Waals surface area (Å²) in [4.78, 5) is 17.4. The predicted octanol–water partition coefficient (Wildman–Crippen LogP) is 3.74. The number of hydrogen-bond acceptors (Lipinski definition) is 4. The Hall–Kier alpha value is -1.85. The number of hydroxylamine groups is 1. The molecular formula is C18H16F3IN2O3. The van der Waals surface area contributed by atoms with Gasteiger partial charge in [0.25, 0.3) is 5.91 Å². The number of nitrogens with one attached hydrogen (secondary N) is 2. The zero-order chi connectivity index (χ0) is 19.6. The van der Waals surface area contributed by atoms with Gasteiger partial charge in [-0.2, -0.15) is 0 Å². The molecule has 1 fully saturated rings. The van der Waals surface area contributed by atoms with E-state index < -0.39 is 23.4 Å². The number of rotatable bonds is 7. The van der Waals surface area contributed by atoms with Crippen molar-refractivity contribution >= 4 is 39.9 Å². The predicted molar refractivity (Wildman–Crippen MR) is 101 cm³/mol. The van der Waals surface area contributed by atoms with Crippen LogP contribution in [-0.2, 0) is 4.84 Å². The zero-order valence-electron chi connectivity index (χ0n) is 13.9. The third-order valence-corrected chi connectivity index (χ3v) is 4.94. The summed E-state index contributed by atoms with van der Waals surface area (Å²) in [5.74, 6) is -3.48. The van der Waals surface area contributed by atoms with Crippen molar-refractivity contribution in [3.05, 3.63) is 56.9 Å². The third-order valence-electron chi connectivity index (χ3n) is 4.27. The molecule has 1 saturated carbocycles. The second-order valence-electron chi connectivity index (χ2n) is 6.24. The van der Waals surface area contributed by atoms with E-state index in [9.17, 15) is 18.0 Å². The van der Waals surface area contributed by atoms with Crippen LogP contribution in [0.1, 0.15) is 16.8 Å². The molecule has 144 valence electrons. The molecular weight excluding hydrogens is 476 g/mol. The van der Waals surface area contributed by atoms with Crippen LogP contribution in [0, 0.1) is 32.9 Å². The van der Waals surface area contributed by atoms with E-state index in [0.29, 0.717) is 9.64 Å². The molecule has 3 rings (SSSR count). The molecule has 2 aromatic rings. The summed E-state index contributed by atoms with van der Waals surface area (Å²) in [6.07, 6.45) is 0.802. The highest BCUT2D eigenvalue weighted by atomic mass is 127. The number of anilines is 2. The average molecular weight is 492 g/mol. The first-order chi connectivity index (χ1) is 12.9. The van der Waals surface area contributed by atoms with Crippen molar-refractivity contribution in [3.63, 3.8) is 0 Å². The number of benzene rings is 2. The number of halogens is 4. The molecule has 2 atom stereocenters. The second kappa shape index (κ2) is 8.44. The van der Waals surface area contributed by atoms with Crippen molar-refractivity contribution in [1.82, 2.24) is 5.48 Å². The van der Waals surface area contributed by atoms with Gasteiger partial charge in [-0.15, -0.1) is 0 Å². The molecule has 9 heteroatoms. The number of carbonyl (C=O) groups excluding carboxylic acids is 1. The Balaban J connectivity index is 1.75. The molecule has 2 unspecified atom stereocenters. The molecule has 2 aromatic carbocycles. The van der Waals surface area contributed by atoms with E-state index in [-0.39, 0.29) is 42.0 Å². The van der Waals surface area contributed by atoms with E-state index in [1.54, 1.807) is 6.07 Å². The number of aliphatic hydroxyl groups is 1. The van der Waals surface area contributed by atoms with Crippen LogP contribution in [0.3, 0.4) is 0 Å². The van der Waals surface area contributed by atoms with Crippen molar-refractivity contribution in [2.24, 2.45) is 11.8 Å². The molecule has 5 nitrogen and oxygen atoms in total. The summed E-state index contributed by atoms with van der Waals surface area (Å²) in [6.45, 7) is 0.260. The van der Waals surface area contributed by atoms with Gasteiger partial charge in [-0.05, 0) is 65.1 Å². The lowest BCUT2D eigenvalue weighted by atomic mass is 10.1. The minimum Gasteiger partial charge on any atom is -0.396 e. The fraction of sp³-hybridized carbons (Fsp3) is 0.278. The maximum absolute atomic E-state index is 14.0. The SMILES string of the molecule is O=C(NOCC1CC1CO)c1cc(F)c(F)cc1Nc1ccc(I)cc1F. The summed E-state index contributed by atoms with van der Waals surface area (Å²) in [6, 6.07) is 5.82. The maximum atomic E-state index is 14.0. The summed E-state index contributed by atoms with van der Waals surface area (Å²) in [7, 11) is 0. The number of carbonyl (C=O) groups is 1. The van der Waals surface area contributed by atoms with E-state index in [1.165, 1.54) is 12.1 Å². The highest BCUT2D eigenvalue weighted by Crippen LogP contribution is 2.37. The quantitative estimate of drug-likeness (QED) is 0.407. The molecule has 0 spiro atoms. The topological polar surface area (TPSA) is 70.6 Å². The van der Waals surface area contributed by atoms with Gasteiger partial charge in [0.05, 0.1) is 23.5 Å². The first kappa shape index (κ1) is 19.9. The lowest BCUT2D eigenvalue weighted by Gasteiger charge is -2.14.